The number of nitrogens with zero attached hydrogens (tertiary/aromatic N) is 1. The fourth-order valence-electron chi connectivity index (χ4n) is 2.66. The largest absolute Gasteiger partial charge is 0.543 e. The first-order chi connectivity index (χ1) is 14.4. The summed E-state index contributed by atoms with van der Waals surface area (Å²) in [5.74, 6) is -0.685. The van der Waals surface area contributed by atoms with Crippen LogP contribution in [0.5, 0.6) is 5.75 Å². The Hall–Kier alpha value is -2.15. The number of benzene rings is 1. The Bertz CT molecular complexity index is 755. The Labute approximate surface area is 178 Å². The summed E-state index contributed by atoms with van der Waals surface area (Å²) in [6, 6.07) is 5.41. The van der Waals surface area contributed by atoms with Gasteiger partial charge < -0.3 is 45.1 Å². The van der Waals surface area contributed by atoms with Gasteiger partial charge in [0.1, 0.15) is 42.5 Å². The third-order valence-electron chi connectivity index (χ3n) is 4.25. The molecule has 0 saturated carbocycles. The molecule has 2 rings (SSSR count). The van der Waals surface area contributed by atoms with Gasteiger partial charge in [-0.2, -0.15) is 12.6 Å². The summed E-state index contributed by atoms with van der Waals surface area (Å²) in [6.07, 6.45) is -3.54. The van der Waals surface area contributed by atoms with E-state index < -0.39 is 42.6 Å². The minimum atomic E-state index is -1.66. The molecule has 0 radical (unpaired) electrons. The maximum atomic E-state index is 11.5. The molecule has 1 heterocycles. The summed E-state index contributed by atoms with van der Waals surface area (Å²) in [6.45, 7) is 0.708. The Balaban J connectivity index is 2.08. The SMILES string of the molecule is O=C([O-])/C(=C/c1ccc(OCCOCCS)cc1)NC1=N[C@H](CO)[C@@H](O)[C@H](O)[C@H]1O. The van der Waals surface area contributed by atoms with Crippen molar-refractivity contribution in [2.45, 2.75) is 24.4 Å². The molecule has 0 spiro atoms. The van der Waals surface area contributed by atoms with Crippen LogP contribution < -0.4 is 15.2 Å². The van der Waals surface area contributed by atoms with E-state index in [1.807, 2.05) is 0 Å². The van der Waals surface area contributed by atoms with Crippen molar-refractivity contribution in [3.05, 3.63) is 35.5 Å². The summed E-state index contributed by atoms with van der Waals surface area (Å²) >= 11 is 4.03. The van der Waals surface area contributed by atoms with Crippen molar-refractivity contribution in [1.29, 1.82) is 0 Å². The number of aliphatic carboxylic acids is 1. The van der Waals surface area contributed by atoms with Crippen molar-refractivity contribution >= 4 is 30.5 Å². The second-order valence-corrected chi connectivity index (χ2v) is 6.86. The fourth-order valence-corrected chi connectivity index (χ4v) is 2.79. The van der Waals surface area contributed by atoms with Crippen molar-refractivity contribution in [2.75, 3.05) is 32.2 Å². The minimum Gasteiger partial charge on any atom is -0.543 e. The van der Waals surface area contributed by atoms with E-state index in [4.69, 9.17) is 9.47 Å². The molecule has 1 aliphatic heterocycles. The van der Waals surface area contributed by atoms with E-state index in [0.29, 0.717) is 36.9 Å². The predicted octanol–water partition coefficient (Wildman–Crippen LogP) is -2.45. The number of carboxylic acids is 1. The lowest BCUT2D eigenvalue weighted by Gasteiger charge is -2.33. The number of amidine groups is 1. The number of carboxylic acid groups (broad SMARTS) is 1. The summed E-state index contributed by atoms with van der Waals surface area (Å²) in [7, 11) is 0. The first kappa shape index (κ1) is 24.1. The Morgan fingerprint density at radius 2 is 1.87 bits per heavy atom. The summed E-state index contributed by atoms with van der Waals surface area (Å²) in [4.78, 5) is 15.4. The normalized spacial score (nSPS) is 24.3. The van der Waals surface area contributed by atoms with E-state index in [1.165, 1.54) is 6.08 Å². The lowest BCUT2D eigenvalue weighted by molar-refractivity contribution is -0.299. The number of carbonyl (C=O) groups excluding carboxylic acids is 1. The van der Waals surface area contributed by atoms with Gasteiger partial charge in [-0.1, -0.05) is 12.1 Å². The smallest absolute Gasteiger partial charge is 0.140 e. The number of nitrogens with one attached hydrogen (secondary N) is 1. The lowest BCUT2D eigenvalue weighted by atomic mass is 9.97. The van der Waals surface area contributed by atoms with Crippen molar-refractivity contribution in [2.24, 2.45) is 4.99 Å². The van der Waals surface area contributed by atoms with E-state index in [-0.39, 0.29) is 5.84 Å². The molecule has 0 saturated heterocycles. The topological polar surface area (TPSA) is 164 Å². The molecule has 0 amide bonds. The molecule has 5 N–H and O–H groups in total. The van der Waals surface area contributed by atoms with Crippen LogP contribution >= 0.6 is 12.6 Å². The summed E-state index contributed by atoms with van der Waals surface area (Å²) in [5, 5.41) is 52.8. The van der Waals surface area contributed by atoms with Gasteiger partial charge in [-0.3, -0.25) is 4.99 Å². The first-order valence-electron chi connectivity index (χ1n) is 9.21. The average molecular weight is 441 g/mol. The van der Waals surface area contributed by atoms with Gasteiger partial charge in [0.2, 0.25) is 0 Å². The standard InChI is InChI=1S/C19H26N2O8S/c22-10-14-15(23)16(24)17(25)18(21-14)20-13(19(26)27)9-11-1-3-12(4-2-11)29-6-5-28-7-8-30/h1-4,9,14-17,22-25,30H,5-8,10H2,(H,20,21)(H,26,27)/p-1/b13-9-/t14-,15-,16+,17-/m1/s1. The number of hydrogen-bond acceptors (Lipinski definition) is 11. The van der Waals surface area contributed by atoms with Gasteiger partial charge >= 0.3 is 0 Å². The van der Waals surface area contributed by atoms with Crippen LogP contribution in [-0.4, -0.2) is 88.8 Å². The third-order valence-corrected chi connectivity index (χ3v) is 4.43. The molecule has 0 aromatic heterocycles. The number of thiol groups is 1. The Morgan fingerprint density at radius 1 is 1.17 bits per heavy atom. The number of ether oxygens (including phenoxy) is 2. The first-order valence-corrected chi connectivity index (χ1v) is 9.85. The highest BCUT2D eigenvalue weighted by Crippen LogP contribution is 2.17. The predicted molar refractivity (Wildman–Crippen MR) is 109 cm³/mol. The highest BCUT2D eigenvalue weighted by molar-refractivity contribution is 7.80. The molecule has 30 heavy (non-hydrogen) atoms. The Kier molecular flexibility index (Phi) is 9.56. The van der Waals surface area contributed by atoms with Gasteiger partial charge in [-0.05, 0) is 23.8 Å². The summed E-state index contributed by atoms with van der Waals surface area (Å²) < 4.78 is 10.7. The average Bonchev–Trinajstić information content (AvgIpc) is 2.74. The van der Waals surface area contributed by atoms with Crippen LogP contribution in [0, 0.1) is 0 Å². The van der Waals surface area contributed by atoms with Gasteiger partial charge in [-0.15, -0.1) is 0 Å². The van der Waals surface area contributed by atoms with Crippen molar-refractivity contribution in [1.82, 2.24) is 5.32 Å². The van der Waals surface area contributed by atoms with Gasteiger partial charge in [0, 0.05) is 5.75 Å². The van der Waals surface area contributed by atoms with Crippen LogP contribution in [0.15, 0.2) is 35.0 Å². The zero-order valence-electron chi connectivity index (χ0n) is 16.0. The molecule has 0 bridgehead atoms. The molecule has 1 aromatic rings. The van der Waals surface area contributed by atoms with Gasteiger partial charge in [0.25, 0.3) is 0 Å². The van der Waals surface area contributed by atoms with Gasteiger partial charge in [-0.25, -0.2) is 0 Å². The van der Waals surface area contributed by atoms with E-state index in [0.717, 1.165) is 0 Å². The monoisotopic (exact) mass is 441 g/mol. The van der Waals surface area contributed by atoms with E-state index in [9.17, 15) is 30.3 Å². The maximum Gasteiger partial charge on any atom is 0.140 e. The number of carbonyl (C=O) groups is 1. The zero-order chi connectivity index (χ0) is 22.1. The number of aliphatic hydroxyl groups is 4. The van der Waals surface area contributed by atoms with Crippen molar-refractivity contribution in [3.8, 4) is 5.75 Å². The number of aliphatic hydroxyl groups excluding tert-OH is 4. The molecule has 1 aliphatic rings. The van der Waals surface area contributed by atoms with Gasteiger partial charge in [0.15, 0.2) is 0 Å². The number of aliphatic imine (C=N–C) groups is 1. The quantitative estimate of drug-likeness (QED) is 0.131. The van der Waals surface area contributed by atoms with E-state index in [2.05, 4.69) is 22.9 Å². The second-order valence-electron chi connectivity index (χ2n) is 6.41. The van der Waals surface area contributed by atoms with Crippen LogP contribution in [0.4, 0.5) is 0 Å². The van der Waals surface area contributed by atoms with E-state index in [1.54, 1.807) is 24.3 Å². The third kappa shape index (κ3) is 6.69. The van der Waals surface area contributed by atoms with Crippen LogP contribution in [0.25, 0.3) is 6.08 Å². The zero-order valence-corrected chi connectivity index (χ0v) is 16.9. The summed E-state index contributed by atoms with van der Waals surface area (Å²) in [5.41, 5.74) is 0.0625. The molecule has 4 atom stereocenters. The van der Waals surface area contributed by atoms with E-state index >= 15 is 0 Å². The van der Waals surface area contributed by atoms with Crippen molar-refractivity contribution in [3.63, 3.8) is 0 Å². The Morgan fingerprint density at radius 3 is 2.47 bits per heavy atom. The van der Waals surface area contributed by atoms with Crippen LogP contribution in [-0.2, 0) is 9.53 Å². The van der Waals surface area contributed by atoms with Crippen LogP contribution in [0.1, 0.15) is 5.56 Å². The van der Waals surface area contributed by atoms with Crippen LogP contribution in [0.3, 0.4) is 0 Å². The molecule has 10 nitrogen and oxygen atoms in total. The molecular formula is C19H25N2O8S-. The molecule has 1 aromatic carbocycles. The van der Waals surface area contributed by atoms with Crippen LogP contribution in [0.2, 0.25) is 0 Å². The highest BCUT2D eigenvalue weighted by Gasteiger charge is 2.38. The fraction of sp³-hybridized carbons (Fsp3) is 0.474. The second kappa shape index (κ2) is 11.9. The molecule has 0 fully saturated rings. The molecule has 0 unspecified atom stereocenters. The molecular weight excluding hydrogens is 416 g/mol. The van der Waals surface area contributed by atoms with Gasteiger partial charge in [0.05, 0.1) is 31.5 Å². The highest BCUT2D eigenvalue weighted by atomic mass is 32.1. The number of rotatable bonds is 10. The lowest BCUT2D eigenvalue weighted by Crippen LogP contribution is -2.56. The molecule has 0 aliphatic carbocycles. The number of hydrogen-bond donors (Lipinski definition) is 6. The van der Waals surface area contributed by atoms with Crippen molar-refractivity contribution < 1.29 is 39.8 Å². The minimum absolute atomic E-state index is 0.302. The maximum absolute atomic E-state index is 11.5. The molecule has 166 valence electrons. The molecule has 11 heteroatoms.